The second-order valence-electron chi connectivity index (χ2n) is 7.45. The van der Waals surface area contributed by atoms with Gasteiger partial charge in [-0.1, -0.05) is 77.3 Å². The summed E-state index contributed by atoms with van der Waals surface area (Å²) in [6, 6.07) is 21.8. The summed E-state index contributed by atoms with van der Waals surface area (Å²) in [6.07, 6.45) is -1.20. The monoisotopic (exact) mass is 474 g/mol. The number of benzene rings is 3. The Morgan fingerprint density at radius 2 is 1.58 bits per heavy atom. The molecular weight excluding hydrogens is 455 g/mol. The zero-order chi connectivity index (χ0) is 22.0. The number of hydrogen-bond donors (Lipinski definition) is 1. The lowest BCUT2D eigenvalue weighted by Gasteiger charge is -2.44. The van der Waals surface area contributed by atoms with Gasteiger partial charge in [-0.15, -0.1) is 0 Å². The number of rotatable bonds is 4. The fraction of sp³-hybridized carbons (Fsp3) is 0.208. The Labute approximate surface area is 196 Å². The molecule has 1 aliphatic rings. The Bertz CT molecular complexity index is 1060. The van der Waals surface area contributed by atoms with Crippen molar-refractivity contribution < 1.29 is 9.90 Å². The van der Waals surface area contributed by atoms with Crippen LogP contribution in [-0.2, 0) is 4.79 Å². The van der Waals surface area contributed by atoms with Crippen LogP contribution in [0.2, 0.25) is 15.1 Å². The fourth-order valence-corrected chi connectivity index (χ4v) is 4.55. The maximum atomic E-state index is 13.1. The van der Waals surface area contributed by atoms with Crippen molar-refractivity contribution >= 4 is 46.4 Å². The van der Waals surface area contributed by atoms with E-state index in [0.717, 1.165) is 11.3 Å². The van der Waals surface area contributed by atoms with Gasteiger partial charge >= 0.3 is 0 Å². The maximum absolute atomic E-state index is 13.1. The number of halogens is 3. The summed E-state index contributed by atoms with van der Waals surface area (Å²) in [5.41, 5.74) is 2.43. The van der Waals surface area contributed by atoms with Crippen molar-refractivity contribution in [1.29, 1.82) is 0 Å². The van der Waals surface area contributed by atoms with Gasteiger partial charge in [-0.25, -0.2) is 0 Å². The van der Waals surface area contributed by atoms with E-state index in [4.69, 9.17) is 34.8 Å². The van der Waals surface area contributed by atoms with E-state index in [1.165, 1.54) is 0 Å². The molecule has 3 aromatic rings. The molecule has 0 aliphatic carbocycles. The summed E-state index contributed by atoms with van der Waals surface area (Å²) in [4.78, 5) is 16.9. The normalized spacial score (nSPS) is 17.5. The van der Waals surface area contributed by atoms with Crippen molar-refractivity contribution in [2.75, 3.05) is 24.5 Å². The van der Waals surface area contributed by atoms with Crippen LogP contribution in [0.5, 0.6) is 0 Å². The highest BCUT2D eigenvalue weighted by atomic mass is 35.5. The molecule has 7 heteroatoms. The van der Waals surface area contributed by atoms with E-state index in [1.807, 2.05) is 48.5 Å². The van der Waals surface area contributed by atoms with Gasteiger partial charge in [0.2, 0.25) is 0 Å². The van der Waals surface area contributed by atoms with Gasteiger partial charge in [-0.2, -0.15) is 0 Å². The first-order valence-electron chi connectivity index (χ1n) is 9.93. The molecule has 0 aromatic heterocycles. The van der Waals surface area contributed by atoms with Gasteiger partial charge < -0.3 is 14.9 Å². The molecule has 2 atom stereocenters. The third-order valence-corrected chi connectivity index (χ3v) is 6.31. The summed E-state index contributed by atoms with van der Waals surface area (Å²) in [6.45, 7) is 1.43. The molecule has 0 unspecified atom stereocenters. The predicted octanol–water partition coefficient (Wildman–Crippen LogP) is 5.77. The average Bonchev–Trinajstić information content (AvgIpc) is 2.79. The largest absolute Gasteiger partial charge is 0.378 e. The molecule has 1 amide bonds. The molecule has 160 valence electrons. The first kappa shape index (κ1) is 22.0. The number of aliphatic hydroxyl groups excluding tert-OH is 1. The molecule has 0 radical (unpaired) electrons. The van der Waals surface area contributed by atoms with Crippen LogP contribution >= 0.6 is 34.8 Å². The molecule has 0 bridgehead atoms. The first-order chi connectivity index (χ1) is 14.9. The topological polar surface area (TPSA) is 43.8 Å². The molecule has 3 aromatic carbocycles. The standard InChI is InChI=1S/C24H21Cl3N2O2/c25-18-8-6-16(7-9-18)22-15-28(24(31)23(30)17-4-2-1-3-5-17)12-13-29(22)21-11-10-19(26)14-20(21)27/h1-11,14,22-23,30H,12-13,15H2/t22-,23-/m0/s1. The van der Waals surface area contributed by atoms with E-state index in [9.17, 15) is 9.90 Å². The molecule has 0 saturated carbocycles. The number of amides is 1. The number of hydrogen-bond acceptors (Lipinski definition) is 3. The van der Waals surface area contributed by atoms with E-state index in [0.29, 0.717) is 40.3 Å². The highest BCUT2D eigenvalue weighted by molar-refractivity contribution is 6.36. The molecule has 4 nitrogen and oxygen atoms in total. The molecule has 1 N–H and O–H groups in total. The highest BCUT2D eigenvalue weighted by Gasteiger charge is 2.34. The second kappa shape index (κ2) is 9.49. The maximum Gasteiger partial charge on any atom is 0.256 e. The van der Waals surface area contributed by atoms with Crippen LogP contribution in [0.3, 0.4) is 0 Å². The summed E-state index contributed by atoms with van der Waals surface area (Å²) >= 11 is 18.7. The molecule has 4 rings (SSSR count). The Morgan fingerprint density at radius 3 is 2.26 bits per heavy atom. The van der Waals surface area contributed by atoms with E-state index in [1.54, 1.807) is 29.2 Å². The van der Waals surface area contributed by atoms with Crippen LogP contribution in [0.1, 0.15) is 23.3 Å². The van der Waals surface area contributed by atoms with E-state index < -0.39 is 6.10 Å². The van der Waals surface area contributed by atoms with Gasteiger partial charge in [0.25, 0.3) is 5.91 Å². The minimum atomic E-state index is -1.20. The first-order valence-corrected chi connectivity index (χ1v) is 11.1. The van der Waals surface area contributed by atoms with Crippen LogP contribution in [0.25, 0.3) is 0 Å². The minimum Gasteiger partial charge on any atom is -0.378 e. The van der Waals surface area contributed by atoms with Crippen molar-refractivity contribution in [1.82, 2.24) is 4.90 Å². The third-order valence-electron chi connectivity index (χ3n) is 5.52. The van der Waals surface area contributed by atoms with Crippen molar-refractivity contribution in [2.24, 2.45) is 0 Å². The smallest absolute Gasteiger partial charge is 0.256 e. The number of piperazine rings is 1. The number of aliphatic hydroxyl groups is 1. The molecule has 31 heavy (non-hydrogen) atoms. The van der Waals surface area contributed by atoms with Gasteiger partial charge in [0.1, 0.15) is 0 Å². The second-order valence-corrected chi connectivity index (χ2v) is 8.73. The van der Waals surface area contributed by atoms with E-state index in [-0.39, 0.29) is 11.9 Å². The highest BCUT2D eigenvalue weighted by Crippen LogP contribution is 2.37. The molecular formula is C24H21Cl3N2O2. The lowest BCUT2D eigenvalue weighted by Crippen LogP contribution is -2.51. The minimum absolute atomic E-state index is 0.156. The Balaban J connectivity index is 1.64. The lowest BCUT2D eigenvalue weighted by atomic mass is 10.00. The summed E-state index contributed by atoms with van der Waals surface area (Å²) in [5.74, 6) is -0.313. The summed E-state index contributed by atoms with van der Waals surface area (Å²) in [7, 11) is 0. The van der Waals surface area contributed by atoms with Crippen LogP contribution < -0.4 is 4.90 Å². The van der Waals surface area contributed by atoms with E-state index in [2.05, 4.69) is 4.90 Å². The molecule has 1 saturated heterocycles. The Kier molecular flexibility index (Phi) is 6.73. The van der Waals surface area contributed by atoms with Gasteiger partial charge in [0.05, 0.1) is 16.8 Å². The molecule has 1 aliphatic heterocycles. The SMILES string of the molecule is O=C([C@@H](O)c1ccccc1)N1CCN(c2ccc(Cl)cc2Cl)[C@H](c2ccc(Cl)cc2)C1. The van der Waals surface area contributed by atoms with Crippen LogP contribution in [0.4, 0.5) is 5.69 Å². The molecule has 0 spiro atoms. The fourth-order valence-electron chi connectivity index (χ4n) is 3.91. The van der Waals surface area contributed by atoms with Gasteiger partial charge in [0.15, 0.2) is 6.10 Å². The van der Waals surface area contributed by atoms with Crippen LogP contribution in [-0.4, -0.2) is 35.5 Å². The van der Waals surface area contributed by atoms with Crippen LogP contribution in [0, 0.1) is 0 Å². The third kappa shape index (κ3) is 4.83. The number of nitrogens with zero attached hydrogens (tertiary/aromatic N) is 2. The molecule has 1 fully saturated rings. The Morgan fingerprint density at radius 1 is 0.903 bits per heavy atom. The number of carbonyl (C=O) groups excluding carboxylic acids is 1. The quantitative estimate of drug-likeness (QED) is 0.521. The zero-order valence-corrected chi connectivity index (χ0v) is 18.9. The number of anilines is 1. The summed E-state index contributed by atoms with van der Waals surface area (Å²) in [5, 5.41) is 12.4. The van der Waals surface area contributed by atoms with Crippen molar-refractivity contribution in [3.05, 3.63) is 99.0 Å². The Hall–Kier alpha value is -2.24. The zero-order valence-electron chi connectivity index (χ0n) is 16.6. The summed E-state index contributed by atoms with van der Waals surface area (Å²) < 4.78 is 0. The lowest BCUT2D eigenvalue weighted by molar-refractivity contribution is -0.141. The van der Waals surface area contributed by atoms with E-state index >= 15 is 0 Å². The van der Waals surface area contributed by atoms with Crippen LogP contribution in [0.15, 0.2) is 72.8 Å². The number of carbonyl (C=O) groups is 1. The average molecular weight is 476 g/mol. The van der Waals surface area contributed by atoms with Gasteiger partial charge in [0, 0.05) is 29.7 Å². The van der Waals surface area contributed by atoms with Crippen molar-refractivity contribution in [3.8, 4) is 0 Å². The van der Waals surface area contributed by atoms with Crippen molar-refractivity contribution in [2.45, 2.75) is 12.1 Å². The molecule has 1 heterocycles. The van der Waals surface area contributed by atoms with Gasteiger partial charge in [-0.3, -0.25) is 4.79 Å². The van der Waals surface area contributed by atoms with Crippen molar-refractivity contribution in [3.63, 3.8) is 0 Å². The predicted molar refractivity (Wildman–Crippen MR) is 126 cm³/mol. The van der Waals surface area contributed by atoms with Gasteiger partial charge in [-0.05, 0) is 41.5 Å².